The van der Waals surface area contributed by atoms with Crippen LogP contribution in [0.5, 0.6) is 0 Å². The lowest BCUT2D eigenvalue weighted by atomic mass is 10.1. The first kappa shape index (κ1) is 15.4. The van der Waals surface area contributed by atoms with Gasteiger partial charge in [0, 0.05) is 29.0 Å². The number of alkyl halides is 3. The molecule has 0 atom stereocenters. The van der Waals surface area contributed by atoms with E-state index in [0.29, 0.717) is 28.0 Å². The zero-order valence-electron chi connectivity index (χ0n) is 11.5. The second-order valence-electron chi connectivity index (χ2n) is 4.82. The van der Waals surface area contributed by atoms with Gasteiger partial charge in [-0.1, -0.05) is 0 Å². The topological polar surface area (TPSA) is 62.4 Å². The van der Waals surface area contributed by atoms with Crippen molar-refractivity contribution in [3.05, 3.63) is 30.0 Å². The van der Waals surface area contributed by atoms with Gasteiger partial charge in [-0.3, -0.25) is 4.98 Å². The van der Waals surface area contributed by atoms with Gasteiger partial charge in [0.15, 0.2) is 0 Å². The summed E-state index contributed by atoms with van der Waals surface area (Å²) in [5.41, 5.74) is 7.71. The first-order valence-electron chi connectivity index (χ1n) is 6.39. The number of fused-ring (bicyclic) bond motifs is 1. The molecule has 114 valence electrons. The molecule has 1 aromatic carbocycles. The van der Waals surface area contributed by atoms with E-state index in [1.165, 1.54) is 0 Å². The van der Waals surface area contributed by atoms with Crippen LogP contribution in [-0.4, -0.2) is 36.0 Å². The van der Waals surface area contributed by atoms with Crippen LogP contribution < -0.4 is 10.6 Å². The molecule has 0 fully saturated rings. The number of nitrogens with zero attached hydrogens (tertiary/aromatic N) is 2. The minimum Gasteiger partial charge on any atom is -0.399 e. The first-order chi connectivity index (χ1) is 9.80. The molecule has 0 amide bonds. The van der Waals surface area contributed by atoms with Crippen LogP contribution in [-0.2, 0) is 0 Å². The smallest absolute Gasteiger partial charge is 0.399 e. The normalized spacial score (nSPS) is 11.9. The number of aliphatic hydroxyl groups is 1. The highest BCUT2D eigenvalue weighted by molar-refractivity contribution is 5.94. The molecule has 0 aliphatic rings. The van der Waals surface area contributed by atoms with E-state index in [1.54, 1.807) is 31.2 Å². The van der Waals surface area contributed by atoms with Gasteiger partial charge >= 0.3 is 6.18 Å². The van der Waals surface area contributed by atoms with Gasteiger partial charge in [0.05, 0.1) is 12.1 Å². The average molecular weight is 299 g/mol. The van der Waals surface area contributed by atoms with E-state index in [2.05, 4.69) is 4.98 Å². The highest BCUT2D eigenvalue weighted by Crippen LogP contribution is 2.30. The van der Waals surface area contributed by atoms with Crippen LogP contribution >= 0.6 is 0 Å². The molecule has 7 heteroatoms. The molecule has 0 unspecified atom stereocenters. The highest BCUT2D eigenvalue weighted by atomic mass is 19.4. The van der Waals surface area contributed by atoms with Gasteiger partial charge in [0.2, 0.25) is 0 Å². The van der Waals surface area contributed by atoms with Gasteiger partial charge in [-0.2, -0.15) is 13.2 Å². The van der Waals surface area contributed by atoms with E-state index < -0.39 is 12.7 Å². The first-order valence-corrected chi connectivity index (χ1v) is 6.39. The summed E-state index contributed by atoms with van der Waals surface area (Å²) in [6.45, 7) is 0.0824. The molecule has 2 rings (SSSR count). The van der Waals surface area contributed by atoms with Crippen LogP contribution in [0.2, 0.25) is 0 Å². The van der Waals surface area contributed by atoms with Crippen molar-refractivity contribution in [3.8, 4) is 0 Å². The number of nitrogens with two attached hydrogens (primary N) is 1. The Morgan fingerprint density at radius 1 is 1.29 bits per heavy atom. The van der Waals surface area contributed by atoms with Crippen LogP contribution in [0.25, 0.3) is 10.9 Å². The fourth-order valence-corrected chi connectivity index (χ4v) is 2.24. The number of anilines is 2. The Morgan fingerprint density at radius 3 is 2.62 bits per heavy atom. The van der Waals surface area contributed by atoms with Crippen molar-refractivity contribution in [2.24, 2.45) is 0 Å². The largest absolute Gasteiger partial charge is 0.405 e. The van der Waals surface area contributed by atoms with Crippen molar-refractivity contribution in [3.63, 3.8) is 0 Å². The minimum absolute atomic E-state index is 0.118. The zero-order valence-corrected chi connectivity index (χ0v) is 11.5. The lowest BCUT2D eigenvalue weighted by Crippen LogP contribution is -2.36. The van der Waals surface area contributed by atoms with Crippen molar-refractivity contribution < 1.29 is 18.3 Å². The molecule has 0 saturated carbocycles. The molecule has 2 aromatic rings. The second-order valence-corrected chi connectivity index (χ2v) is 4.82. The summed E-state index contributed by atoms with van der Waals surface area (Å²) in [4.78, 5) is 5.38. The standard InChI is InChI=1S/C14H16F3N3O/c1-9-6-13(20(4-5-21)8-14(15,16)17)11-7-10(18)2-3-12(11)19-9/h2-3,6-7,21H,4-5,8,18H2,1H3. The Hall–Kier alpha value is -2.02. The van der Waals surface area contributed by atoms with Crippen LogP contribution in [0.4, 0.5) is 24.5 Å². The molecule has 1 heterocycles. The number of aryl methyl sites for hydroxylation is 1. The Balaban J connectivity index is 2.57. The van der Waals surface area contributed by atoms with E-state index in [4.69, 9.17) is 10.8 Å². The van der Waals surface area contributed by atoms with Crippen molar-refractivity contribution >= 4 is 22.3 Å². The van der Waals surface area contributed by atoms with Crippen molar-refractivity contribution in [1.29, 1.82) is 0 Å². The fourth-order valence-electron chi connectivity index (χ4n) is 2.24. The van der Waals surface area contributed by atoms with Gasteiger partial charge in [0.1, 0.15) is 6.54 Å². The monoisotopic (exact) mass is 299 g/mol. The maximum atomic E-state index is 12.7. The third-order valence-electron chi connectivity index (χ3n) is 3.02. The van der Waals surface area contributed by atoms with E-state index >= 15 is 0 Å². The van der Waals surface area contributed by atoms with Gasteiger partial charge < -0.3 is 15.7 Å². The quantitative estimate of drug-likeness (QED) is 0.851. The number of hydrogen-bond donors (Lipinski definition) is 2. The third-order valence-corrected chi connectivity index (χ3v) is 3.02. The van der Waals surface area contributed by atoms with E-state index in [0.717, 1.165) is 4.90 Å². The summed E-state index contributed by atoms with van der Waals surface area (Å²) in [5, 5.41) is 9.58. The molecule has 0 radical (unpaired) electrons. The number of nitrogen functional groups attached to an aromatic ring is 1. The summed E-state index contributed by atoms with van der Waals surface area (Å²) in [6.07, 6.45) is -4.36. The summed E-state index contributed by atoms with van der Waals surface area (Å²) >= 11 is 0. The highest BCUT2D eigenvalue weighted by Gasteiger charge is 2.31. The van der Waals surface area contributed by atoms with Gasteiger partial charge in [-0.05, 0) is 31.2 Å². The van der Waals surface area contributed by atoms with Gasteiger partial charge in [-0.25, -0.2) is 0 Å². The van der Waals surface area contributed by atoms with Crippen LogP contribution in [0, 0.1) is 6.92 Å². The van der Waals surface area contributed by atoms with Crippen LogP contribution in [0.15, 0.2) is 24.3 Å². The minimum atomic E-state index is -4.36. The molecular weight excluding hydrogens is 283 g/mol. The molecule has 0 bridgehead atoms. The predicted octanol–water partition coefficient (Wildman–Crippen LogP) is 2.49. The number of aliphatic hydroxyl groups excluding tert-OH is 1. The molecule has 0 aliphatic carbocycles. The summed E-state index contributed by atoms with van der Waals surface area (Å²) < 4.78 is 38.2. The van der Waals surface area contributed by atoms with Crippen LogP contribution in [0.1, 0.15) is 5.69 Å². The van der Waals surface area contributed by atoms with Crippen molar-refractivity contribution in [1.82, 2.24) is 4.98 Å². The average Bonchev–Trinajstić information content (AvgIpc) is 2.36. The zero-order chi connectivity index (χ0) is 15.6. The molecule has 21 heavy (non-hydrogen) atoms. The SMILES string of the molecule is Cc1cc(N(CCO)CC(F)(F)F)c2cc(N)ccc2n1. The summed E-state index contributed by atoms with van der Waals surface area (Å²) in [6, 6.07) is 6.49. The number of rotatable bonds is 4. The van der Waals surface area contributed by atoms with E-state index in [-0.39, 0.29) is 13.2 Å². The molecule has 3 N–H and O–H groups in total. The fraction of sp³-hybridized carbons (Fsp3) is 0.357. The second kappa shape index (κ2) is 5.77. The Morgan fingerprint density at radius 2 is 2.00 bits per heavy atom. The number of benzene rings is 1. The Kier molecular flexibility index (Phi) is 4.22. The maximum Gasteiger partial charge on any atom is 0.405 e. The Bertz CT molecular complexity index is 643. The summed E-state index contributed by atoms with van der Waals surface area (Å²) in [5.74, 6) is 0. The van der Waals surface area contributed by atoms with Crippen molar-refractivity contribution in [2.75, 3.05) is 30.3 Å². The van der Waals surface area contributed by atoms with Gasteiger partial charge in [0.25, 0.3) is 0 Å². The molecule has 0 aliphatic heterocycles. The predicted molar refractivity (Wildman–Crippen MR) is 76.2 cm³/mol. The van der Waals surface area contributed by atoms with E-state index in [1.807, 2.05) is 0 Å². The molecule has 1 aromatic heterocycles. The number of hydrogen-bond acceptors (Lipinski definition) is 4. The molecule has 4 nitrogen and oxygen atoms in total. The number of halogens is 3. The number of pyridine rings is 1. The molecule has 0 saturated heterocycles. The maximum absolute atomic E-state index is 12.7. The van der Waals surface area contributed by atoms with E-state index in [9.17, 15) is 13.2 Å². The third kappa shape index (κ3) is 3.75. The molecular formula is C14H16F3N3O. The van der Waals surface area contributed by atoms with Gasteiger partial charge in [-0.15, -0.1) is 0 Å². The molecule has 0 spiro atoms. The number of aromatic nitrogens is 1. The Labute approximate surface area is 120 Å². The van der Waals surface area contributed by atoms with Crippen molar-refractivity contribution in [2.45, 2.75) is 13.1 Å². The van der Waals surface area contributed by atoms with Crippen LogP contribution in [0.3, 0.4) is 0 Å². The lowest BCUT2D eigenvalue weighted by molar-refractivity contribution is -0.119. The summed E-state index contributed by atoms with van der Waals surface area (Å²) in [7, 11) is 0. The lowest BCUT2D eigenvalue weighted by Gasteiger charge is -2.26.